The quantitative estimate of drug-likeness (QED) is 0.524. The van der Waals surface area contributed by atoms with Gasteiger partial charge in [0.15, 0.2) is 12.0 Å². The van der Waals surface area contributed by atoms with Crippen molar-refractivity contribution in [3.05, 3.63) is 72.2 Å². The van der Waals surface area contributed by atoms with Gasteiger partial charge >= 0.3 is 0 Å². The second-order valence-electron chi connectivity index (χ2n) is 5.04. The van der Waals surface area contributed by atoms with Gasteiger partial charge < -0.3 is 8.98 Å². The van der Waals surface area contributed by atoms with Crippen LogP contribution >= 0.6 is 0 Å². The molecule has 0 bridgehead atoms. The molecule has 0 saturated heterocycles. The van der Waals surface area contributed by atoms with Crippen LogP contribution in [0.3, 0.4) is 0 Å². The highest BCUT2D eigenvalue weighted by molar-refractivity contribution is 6.07. The van der Waals surface area contributed by atoms with Crippen molar-refractivity contribution >= 4 is 28.1 Å². The van der Waals surface area contributed by atoms with Crippen LogP contribution in [0, 0.1) is 0 Å². The Balaban J connectivity index is 1.94. The third-order valence-electron chi connectivity index (χ3n) is 3.79. The summed E-state index contributed by atoms with van der Waals surface area (Å²) in [5.41, 5.74) is 2.34. The number of rotatable bonds is 3. The Morgan fingerprint density at radius 3 is 2.05 bits per heavy atom. The number of fused-ring (bicyclic) bond motifs is 3. The lowest BCUT2D eigenvalue weighted by molar-refractivity contribution is 0.109. The van der Waals surface area contributed by atoms with Crippen molar-refractivity contribution in [2.45, 2.75) is 6.54 Å². The first-order chi connectivity index (χ1) is 10.4. The second kappa shape index (κ2) is 4.63. The van der Waals surface area contributed by atoms with E-state index in [4.69, 9.17) is 4.42 Å². The van der Waals surface area contributed by atoms with E-state index < -0.39 is 0 Å². The fourth-order valence-corrected chi connectivity index (χ4v) is 2.87. The highest BCUT2D eigenvalue weighted by atomic mass is 16.3. The van der Waals surface area contributed by atoms with Crippen molar-refractivity contribution in [3.8, 4) is 0 Å². The van der Waals surface area contributed by atoms with Gasteiger partial charge in [-0.3, -0.25) is 4.79 Å². The standard InChI is InChI=1S/C18H13NO2/c20-12-14-10-9-13(21-14)11-19-17-7-3-1-5-15(17)16-6-2-4-8-18(16)19/h1-10,12H,11H2. The van der Waals surface area contributed by atoms with Crippen LogP contribution in [-0.4, -0.2) is 10.9 Å². The van der Waals surface area contributed by atoms with Crippen molar-refractivity contribution in [2.24, 2.45) is 0 Å². The zero-order chi connectivity index (χ0) is 14.2. The van der Waals surface area contributed by atoms with E-state index in [1.165, 1.54) is 21.8 Å². The molecule has 4 aromatic rings. The third-order valence-corrected chi connectivity index (χ3v) is 3.79. The molecule has 2 aromatic heterocycles. The Kier molecular flexibility index (Phi) is 2.64. The fraction of sp³-hybridized carbons (Fsp3) is 0.0556. The van der Waals surface area contributed by atoms with Gasteiger partial charge in [-0.05, 0) is 24.3 Å². The monoisotopic (exact) mass is 275 g/mol. The van der Waals surface area contributed by atoms with Crippen LogP contribution in [-0.2, 0) is 6.54 Å². The molecule has 3 nitrogen and oxygen atoms in total. The SMILES string of the molecule is O=Cc1ccc(Cn2c3ccccc3c3ccccc32)o1. The van der Waals surface area contributed by atoms with Crippen LogP contribution in [0.15, 0.2) is 65.1 Å². The fourth-order valence-electron chi connectivity index (χ4n) is 2.87. The Labute approximate surface area is 121 Å². The average molecular weight is 275 g/mol. The molecule has 102 valence electrons. The van der Waals surface area contributed by atoms with Gasteiger partial charge in [-0.15, -0.1) is 0 Å². The number of aromatic nitrogens is 1. The topological polar surface area (TPSA) is 35.1 Å². The van der Waals surface area contributed by atoms with Gasteiger partial charge in [0, 0.05) is 21.8 Å². The van der Waals surface area contributed by atoms with Crippen molar-refractivity contribution in [1.29, 1.82) is 0 Å². The number of furan rings is 1. The van der Waals surface area contributed by atoms with Gasteiger partial charge in [0.05, 0.1) is 6.54 Å². The lowest BCUT2D eigenvalue weighted by Gasteiger charge is -2.04. The van der Waals surface area contributed by atoms with E-state index in [2.05, 4.69) is 41.0 Å². The molecule has 0 spiro atoms. The maximum Gasteiger partial charge on any atom is 0.185 e. The second-order valence-corrected chi connectivity index (χ2v) is 5.04. The lowest BCUT2D eigenvalue weighted by Crippen LogP contribution is -1.97. The Morgan fingerprint density at radius 2 is 1.48 bits per heavy atom. The summed E-state index contributed by atoms with van der Waals surface area (Å²) in [6.07, 6.45) is 0.732. The van der Waals surface area contributed by atoms with Crippen LogP contribution in [0.2, 0.25) is 0 Å². The molecule has 0 amide bonds. The smallest absolute Gasteiger partial charge is 0.185 e. The van der Waals surface area contributed by atoms with E-state index in [1.807, 2.05) is 18.2 Å². The summed E-state index contributed by atoms with van der Waals surface area (Å²) < 4.78 is 7.74. The first-order valence-corrected chi connectivity index (χ1v) is 6.87. The maximum atomic E-state index is 10.7. The first-order valence-electron chi connectivity index (χ1n) is 6.87. The zero-order valence-electron chi connectivity index (χ0n) is 11.3. The van der Waals surface area contributed by atoms with Gasteiger partial charge in [0.1, 0.15) is 5.76 Å². The van der Waals surface area contributed by atoms with Gasteiger partial charge in [0.25, 0.3) is 0 Å². The minimum atomic E-state index is 0.366. The van der Waals surface area contributed by atoms with Crippen molar-refractivity contribution in [3.63, 3.8) is 0 Å². The predicted octanol–water partition coefficient (Wildman–Crippen LogP) is 4.25. The summed E-state index contributed by atoms with van der Waals surface area (Å²) in [4.78, 5) is 10.7. The molecule has 0 radical (unpaired) electrons. The summed E-state index contributed by atoms with van der Waals surface area (Å²) >= 11 is 0. The molecule has 0 aliphatic heterocycles. The third kappa shape index (κ3) is 1.86. The molecule has 0 aliphatic rings. The molecule has 21 heavy (non-hydrogen) atoms. The molecule has 2 heterocycles. The van der Waals surface area contributed by atoms with Crippen LogP contribution in [0.25, 0.3) is 21.8 Å². The molecule has 0 aliphatic carbocycles. The molecule has 0 fully saturated rings. The summed E-state index contributed by atoms with van der Waals surface area (Å²) in [5, 5.41) is 2.46. The average Bonchev–Trinajstić information content (AvgIpc) is 3.12. The van der Waals surface area contributed by atoms with Crippen LogP contribution in [0.4, 0.5) is 0 Å². The normalized spacial score (nSPS) is 11.2. The number of hydrogen-bond donors (Lipinski definition) is 0. The number of aldehydes is 1. The molecule has 0 saturated carbocycles. The van der Waals surface area contributed by atoms with Crippen molar-refractivity contribution < 1.29 is 9.21 Å². The van der Waals surface area contributed by atoms with Crippen molar-refractivity contribution in [2.75, 3.05) is 0 Å². The lowest BCUT2D eigenvalue weighted by atomic mass is 10.2. The number of nitrogens with zero attached hydrogens (tertiary/aromatic N) is 1. The van der Waals surface area contributed by atoms with Crippen LogP contribution in [0.5, 0.6) is 0 Å². The van der Waals surface area contributed by atoms with Gasteiger partial charge in [0.2, 0.25) is 0 Å². The largest absolute Gasteiger partial charge is 0.456 e. The minimum Gasteiger partial charge on any atom is -0.456 e. The van der Waals surface area contributed by atoms with E-state index in [0.717, 1.165) is 12.0 Å². The van der Waals surface area contributed by atoms with Gasteiger partial charge in [-0.25, -0.2) is 0 Å². The number of carbonyl (C=O) groups excluding carboxylic acids is 1. The Hall–Kier alpha value is -2.81. The molecule has 0 unspecified atom stereocenters. The van der Waals surface area contributed by atoms with Crippen molar-refractivity contribution in [1.82, 2.24) is 4.57 Å². The summed E-state index contributed by atoms with van der Waals surface area (Å²) in [5.74, 6) is 1.15. The number of carbonyl (C=O) groups is 1. The zero-order valence-corrected chi connectivity index (χ0v) is 11.3. The van der Waals surface area contributed by atoms with E-state index >= 15 is 0 Å². The van der Waals surface area contributed by atoms with Crippen LogP contribution < -0.4 is 0 Å². The molecule has 2 aromatic carbocycles. The van der Waals surface area contributed by atoms with Crippen LogP contribution in [0.1, 0.15) is 16.3 Å². The molecule has 4 rings (SSSR count). The predicted molar refractivity (Wildman–Crippen MR) is 82.6 cm³/mol. The molecule has 0 atom stereocenters. The summed E-state index contributed by atoms with van der Waals surface area (Å²) in [7, 11) is 0. The van der Waals surface area contributed by atoms with E-state index in [0.29, 0.717) is 12.3 Å². The Morgan fingerprint density at radius 1 is 0.857 bits per heavy atom. The minimum absolute atomic E-state index is 0.366. The molecular formula is C18H13NO2. The Bertz CT molecular complexity index is 893. The van der Waals surface area contributed by atoms with E-state index in [-0.39, 0.29) is 0 Å². The molecule has 0 N–H and O–H groups in total. The number of para-hydroxylation sites is 2. The maximum absolute atomic E-state index is 10.7. The number of hydrogen-bond acceptors (Lipinski definition) is 2. The summed E-state index contributed by atoms with van der Waals surface area (Å²) in [6, 6.07) is 20.2. The van der Waals surface area contributed by atoms with E-state index in [1.54, 1.807) is 6.07 Å². The first kappa shape index (κ1) is 12.0. The van der Waals surface area contributed by atoms with Gasteiger partial charge in [-0.2, -0.15) is 0 Å². The summed E-state index contributed by atoms with van der Waals surface area (Å²) in [6.45, 7) is 0.613. The molecular weight excluding hydrogens is 262 g/mol. The highest BCUT2D eigenvalue weighted by Crippen LogP contribution is 2.29. The highest BCUT2D eigenvalue weighted by Gasteiger charge is 2.11. The number of benzene rings is 2. The van der Waals surface area contributed by atoms with E-state index in [9.17, 15) is 4.79 Å². The van der Waals surface area contributed by atoms with Gasteiger partial charge in [-0.1, -0.05) is 36.4 Å². The molecule has 3 heteroatoms.